The monoisotopic (exact) mass is 433 g/mol. The first-order chi connectivity index (χ1) is 14.3. The maximum atomic E-state index is 10.6. The quantitative estimate of drug-likeness (QED) is 0.760. The normalized spacial score (nSPS) is 26.6. The van der Waals surface area contributed by atoms with Crippen LogP contribution in [0, 0.1) is 0 Å². The molecule has 0 amide bonds. The van der Waals surface area contributed by atoms with Crippen LogP contribution in [0.15, 0.2) is 34.5 Å². The molecule has 3 heterocycles. The summed E-state index contributed by atoms with van der Waals surface area (Å²) in [5.41, 5.74) is 6.18. The molecule has 0 radical (unpaired) electrons. The van der Waals surface area contributed by atoms with Gasteiger partial charge in [0.25, 0.3) is 0 Å². The Balaban J connectivity index is 1.44. The van der Waals surface area contributed by atoms with E-state index < -0.39 is 5.60 Å². The molecule has 2 fully saturated rings. The highest BCUT2D eigenvalue weighted by molar-refractivity contribution is 6.30. The molecular weight excluding hydrogens is 402 g/mol. The van der Waals surface area contributed by atoms with Gasteiger partial charge in [-0.3, -0.25) is 4.90 Å². The van der Waals surface area contributed by atoms with Crippen LogP contribution in [0.4, 0.5) is 0 Å². The van der Waals surface area contributed by atoms with Gasteiger partial charge < -0.3 is 20.5 Å². The average Bonchev–Trinajstić information content (AvgIpc) is 3.16. The van der Waals surface area contributed by atoms with E-state index in [1.807, 2.05) is 26.0 Å². The van der Waals surface area contributed by atoms with Crippen molar-refractivity contribution in [2.75, 3.05) is 26.2 Å². The van der Waals surface area contributed by atoms with Gasteiger partial charge in [-0.2, -0.15) is 0 Å². The van der Waals surface area contributed by atoms with Gasteiger partial charge in [-0.15, -0.1) is 10.2 Å². The minimum Gasteiger partial charge on any atom is -0.388 e. The molecule has 3 aliphatic rings. The number of morpholine rings is 1. The first-order valence-corrected chi connectivity index (χ1v) is 11.2. The lowest BCUT2D eigenvalue weighted by molar-refractivity contribution is -0.155. The van der Waals surface area contributed by atoms with Crippen LogP contribution < -0.4 is 5.73 Å². The Morgan fingerprint density at radius 3 is 2.50 bits per heavy atom. The van der Waals surface area contributed by atoms with E-state index in [2.05, 4.69) is 32.1 Å². The van der Waals surface area contributed by atoms with E-state index in [9.17, 15) is 5.11 Å². The third-order valence-electron chi connectivity index (χ3n) is 6.44. The summed E-state index contributed by atoms with van der Waals surface area (Å²) in [5, 5.41) is 19.5. The van der Waals surface area contributed by atoms with Crippen LogP contribution in [0.5, 0.6) is 0 Å². The standard InChI is InChI=1S/C22H32ClN5O2/c1-22(2,29)19-13-28(18(14-30-19)11-15-3-5-16(23)6-4-15)17-7-9-27(10-8-17)21-12-20(24)25-26-21/h3-6,17-19,29H,7-14H2,1-2H3,(H2,24,25)/t18?,19-/m1/s1. The van der Waals surface area contributed by atoms with Crippen molar-refractivity contribution >= 4 is 23.3 Å². The minimum absolute atomic E-state index is 0.190. The molecule has 3 N–H and O–H groups in total. The second-order valence-electron chi connectivity index (χ2n) is 9.16. The molecule has 2 saturated heterocycles. The van der Waals surface area contributed by atoms with E-state index >= 15 is 0 Å². The number of nitrogens with zero attached hydrogens (tertiary/aromatic N) is 4. The predicted octanol–water partition coefficient (Wildman–Crippen LogP) is 2.26. The number of halogens is 1. The van der Waals surface area contributed by atoms with E-state index in [4.69, 9.17) is 22.1 Å². The van der Waals surface area contributed by atoms with Crippen LogP contribution in [0.25, 0.3) is 0 Å². The number of hydrogen-bond donors (Lipinski definition) is 2. The molecule has 30 heavy (non-hydrogen) atoms. The summed E-state index contributed by atoms with van der Waals surface area (Å²) in [6.07, 6.45) is 3.47. The van der Waals surface area contributed by atoms with Gasteiger partial charge in [0.05, 0.1) is 24.7 Å². The summed E-state index contributed by atoms with van der Waals surface area (Å²) < 4.78 is 6.11. The Hall–Kier alpha value is -1.67. The molecule has 1 unspecified atom stereocenters. The second-order valence-corrected chi connectivity index (χ2v) is 9.60. The molecule has 4 rings (SSSR count). The lowest BCUT2D eigenvalue weighted by Gasteiger charge is -2.49. The van der Waals surface area contributed by atoms with Crippen LogP contribution in [0.1, 0.15) is 38.7 Å². The number of likely N-dealkylation sites (tertiary alicyclic amines) is 1. The highest BCUT2D eigenvalue weighted by Gasteiger charge is 2.40. The van der Waals surface area contributed by atoms with Gasteiger partial charge in [-0.1, -0.05) is 23.7 Å². The van der Waals surface area contributed by atoms with Gasteiger partial charge in [-0.05, 0) is 50.8 Å². The summed E-state index contributed by atoms with van der Waals surface area (Å²) in [6, 6.07) is 8.80. The van der Waals surface area contributed by atoms with Crippen LogP contribution in [0.2, 0.25) is 5.02 Å². The number of ether oxygens (including phenoxy) is 1. The summed E-state index contributed by atoms with van der Waals surface area (Å²) in [7, 11) is 0. The fourth-order valence-corrected chi connectivity index (χ4v) is 4.77. The van der Waals surface area contributed by atoms with Crippen LogP contribution in [-0.4, -0.2) is 76.6 Å². The van der Waals surface area contributed by atoms with Crippen molar-refractivity contribution in [1.82, 2.24) is 9.80 Å². The Kier molecular flexibility index (Phi) is 6.34. The third kappa shape index (κ3) is 4.97. The Morgan fingerprint density at radius 1 is 1.20 bits per heavy atom. The van der Waals surface area contributed by atoms with Gasteiger partial charge in [-0.25, -0.2) is 0 Å². The van der Waals surface area contributed by atoms with Crippen molar-refractivity contribution in [1.29, 1.82) is 0 Å². The fraction of sp³-hybridized carbons (Fsp3) is 0.636. The molecule has 0 saturated carbocycles. The van der Waals surface area contributed by atoms with Crippen molar-refractivity contribution in [2.24, 2.45) is 15.9 Å². The molecule has 7 nitrogen and oxygen atoms in total. The maximum Gasteiger partial charge on any atom is 0.135 e. The summed E-state index contributed by atoms with van der Waals surface area (Å²) >= 11 is 6.06. The molecule has 3 aliphatic heterocycles. The van der Waals surface area contributed by atoms with Gasteiger partial charge >= 0.3 is 0 Å². The average molecular weight is 434 g/mol. The summed E-state index contributed by atoms with van der Waals surface area (Å²) in [5.74, 6) is 1.58. The van der Waals surface area contributed by atoms with Gasteiger partial charge in [0.15, 0.2) is 0 Å². The molecule has 0 aromatic heterocycles. The molecule has 164 valence electrons. The van der Waals surface area contributed by atoms with Crippen LogP contribution in [-0.2, 0) is 11.2 Å². The number of hydrogen-bond acceptors (Lipinski definition) is 7. The van der Waals surface area contributed by atoms with Crippen molar-refractivity contribution in [3.63, 3.8) is 0 Å². The molecule has 8 heteroatoms. The number of nitrogens with two attached hydrogens (primary N) is 1. The Bertz CT molecular complexity index is 797. The highest BCUT2D eigenvalue weighted by atomic mass is 35.5. The van der Waals surface area contributed by atoms with E-state index in [0.717, 1.165) is 49.8 Å². The van der Waals surface area contributed by atoms with Crippen molar-refractivity contribution < 1.29 is 9.84 Å². The number of piperidine rings is 1. The van der Waals surface area contributed by atoms with E-state index in [1.54, 1.807) is 0 Å². The topological polar surface area (TPSA) is 86.7 Å². The molecule has 0 spiro atoms. The third-order valence-corrected chi connectivity index (χ3v) is 6.69. The van der Waals surface area contributed by atoms with Crippen molar-refractivity contribution in [2.45, 2.75) is 63.3 Å². The molecule has 0 bridgehead atoms. The largest absolute Gasteiger partial charge is 0.388 e. The molecule has 1 aromatic rings. The van der Waals surface area contributed by atoms with Crippen LogP contribution >= 0.6 is 11.6 Å². The molecule has 1 aromatic carbocycles. The zero-order valence-corrected chi connectivity index (χ0v) is 18.6. The highest BCUT2D eigenvalue weighted by Crippen LogP contribution is 2.29. The fourth-order valence-electron chi connectivity index (χ4n) is 4.64. The summed E-state index contributed by atoms with van der Waals surface area (Å²) in [4.78, 5) is 4.88. The Morgan fingerprint density at radius 2 is 1.90 bits per heavy atom. The summed E-state index contributed by atoms with van der Waals surface area (Å²) in [6.45, 7) is 6.92. The first kappa shape index (κ1) is 21.6. The van der Waals surface area contributed by atoms with Crippen molar-refractivity contribution in [3.8, 4) is 0 Å². The van der Waals surface area contributed by atoms with Gasteiger partial charge in [0, 0.05) is 36.7 Å². The number of rotatable bonds is 4. The molecular formula is C22H32ClN5O2. The van der Waals surface area contributed by atoms with Gasteiger partial charge in [0.2, 0.25) is 0 Å². The number of aliphatic hydroxyl groups is 1. The van der Waals surface area contributed by atoms with E-state index in [-0.39, 0.29) is 12.1 Å². The molecule has 0 aliphatic carbocycles. The maximum absolute atomic E-state index is 10.6. The van der Waals surface area contributed by atoms with Crippen LogP contribution in [0.3, 0.4) is 0 Å². The Labute approximate surface area is 183 Å². The molecule has 2 atom stereocenters. The first-order valence-electron chi connectivity index (χ1n) is 10.8. The second kappa shape index (κ2) is 8.83. The van der Waals surface area contributed by atoms with E-state index in [0.29, 0.717) is 24.9 Å². The number of amidine groups is 2. The SMILES string of the molecule is CC(C)(O)[C@H]1CN(C2CCN(C3=NN=C(N)C3)CC2)C(Cc2ccc(Cl)cc2)CO1. The van der Waals surface area contributed by atoms with E-state index in [1.165, 1.54) is 5.56 Å². The lowest BCUT2D eigenvalue weighted by atomic mass is 9.92. The van der Waals surface area contributed by atoms with Gasteiger partial charge in [0.1, 0.15) is 11.7 Å². The lowest BCUT2D eigenvalue weighted by Crippen LogP contribution is -2.61. The minimum atomic E-state index is -0.863. The zero-order valence-electron chi connectivity index (χ0n) is 17.8. The number of benzene rings is 1. The zero-order chi connectivity index (χ0) is 21.3. The predicted molar refractivity (Wildman–Crippen MR) is 120 cm³/mol. The van der Waals surface area contributed by atoms with Crippen molar-refractivity contribution in [3.05, 3.63) is 34.9 Å². The smallest absolute Gasteiger partial charge is 0.135 e.